The molecule has 0 aliphatic heterocycles. The average molecular weight is 250 g/mol. The molecular weight excluding hydrogens is 228 g/mol. The van der Waals surface area contributed by atoms with Gasteiger partial charge in [0.25, 0.3) is 5.91 Å². The topological polar surface area (TPSA) is 41.6 Å². The number of methoxy groups -OCH3 is 1. The molecule has 0 saturated carbocycles. The molecule has 1 rings (SSSR count). The third kappa shape index (κ3) is 3.47. The zero-order valence-corrected chi connectivity index (χ0v) is 11.6. The number of ether oxygens (including phenoxy) is 1. The molecule has 0 spiro atoms. The van der Waals surface area contributed by atoms with Crippen LogP contribution < -0.4 is 5.32 Å². The lowest BCUT2D eigenvalue weighted by Crippen LogP contribution is -2.40. The molecule has 0 aromatic heterocycles. The van der Waals surface area contributed by atoms with E-state index in [2.05, 4.69) is 5.32 Å². The molecule has 4 heteroatoms. The number of anilines is 1. The molecule has 1 N–H and O–H groups in total. The summed E-state index contributed by atoms with van der Waals surface area (Å²) in [4.78, 5) is 14.2. The number of likely N-dealkylation sites (N-methyl/N-ethyl adjacent to an activating group) is 1. The third-order valence-electron chi connectivity index (χ3n) is 2.96. The highest BCUT2D eigenvalue weighted by atomic mass is 16.5. The maximum Gasteiger partial charge on any atom is 0.254 e. The number of nitrogens with one attached hydrogen (secondary N) is 1. The summed E-state index contributed by atoms with van der Waals surface area (Å²) in [7, 11) is 3.51. The molecule has 0 bridgehead atoms. The highest BCUT2D eigenvalue weighted by Gasteiger charge is 2.19. The van der Waals surface area contributed by atoms with Crippen LogP contribution in [0.15, 0.2) is 24.3 Å². The zero-order valence-electron chi connectivity index (χ0n) is 11.6. The van der Waals surface area contributed by atoms with Gasteiger partial charge in [-0.3, -0.25) is 4.79 Å². The van der Waals surface area contributed by atoms with Crippen LogP contribution in [0.2, 0.25) is 0 Å². The van der Waals surface area contributed by atoms with Gasteiger partial charge in [0, 0.05) is 32.0 Å². The largest absolute Gasteiger partial charge is 0.388 e. The summed E-state index contributed by atoms with van der Waals surface area (Å²) in [6.07, 6.45) is 0. The number of benzene rings is 1. The van der Waals surface area contributed by atoms with E-state index in [0.717, 1.165) is 5.69 Å². The Kier molecular flexibility index (Phi) is 5.65. The van der Waals surface area contributed by atoms with Gasteiger partial charge in [0.15, 0.2) is 0 Å². The molecular formula is C14H22N2O2. The van der Waals surface area contributed by atoms with Crippen LogP contribution in [0.25, 0.3) is 0 Å². The number of hydrogen-bond donors (Lipinski definition) is 1. The van der Waals surface area contributed by atoms with Gasteiger partial charge >= 0.3 is 0 Å². The molecule has 1 amide bonds. The standard InChI is InChI=1S/C14H22N2O2/c1-5-16(11(2)10-18-4)14(17)12-6-8-13(15-3)9-7-12/h6-9,11,15H,5,10H2,1-4H3. The Balaban J connectivity index is 2.82. The Labute approximate surface area is 109 Å². The van der Waals surface area contributed by atoms with Gasteiger partial charge in [0.1, 0.15) is 0 Å². The van der Waals surface area contributed by atoms with Gasteiger partial charge < -0.3 is 15.0 Å². The number of carbonyl (C=O) groups is 1. The van der Waals surface area contributed by atoms with Crippen molar-refractivity contribution in [2.75, 3.05) is 32.6 Å². The molecule has 0 aliphatic rings. The summed E-state index contributed by atoms with van der Waals surface area (Å²) >= 11 is 0. The minimum Gasteiger partial charge on any atom is -0.388 e. The summed E-state index contributed by atoms with van der Waals surface area (Å²) in [5, 5.41) is 3.03. The molecule has 0 radical (unpaired) electrons. The van der Waals surface area contributed by atoms with E-state index in [1.165, 1.54) is 0 Å². The monoisotopic (exact) mass is 250 g/mol. The Bertz CT molecular complexity index is 376. The van der Waals surface area contributed by atoms with Crippen LogP contribution in [0.4, 0.5) is 5.69 Å². The molecule has 1 aromatic rings. The SMILES string of the molecule is CCN(C(=O)c1ccc(NC)cc1)C(C)COC. The number of carbonyl (C=O) groups excluding carboxylic acids is 1. The maximum absolute atomic E-state index is 12.3. The van der Waals surface area contributed by atoms with Crippen molar-refractivity contribution in [3.05, 3.63) is 29.8 Å². The van der Waals surface area contributed by atoms with Crippen molar-refractivity contribution in [1.82, 2.24) is 4.90 Å². The average Bonchev–Trinajstić information content (AvgIpc) is 2.40. The fourth-order valence-electron chi connectivity index (χ4n) is 1.93. The zero-order chi connectivity index (χ0) is 13.5. The van der Waals surface area contributed by atoms with Crippen LogP contribution in [-0.2, 0) is 4.74 Å². The summed E-state index contributed by atoms with van der Waals surface area (Å²) < 4.78 is 5.11. The van der Waals surface area contributed by atoms with Crippen LogP contribution in [0.5, 0.6) is 0 Å². The van der Waals surface area contributed by atoms with E-state index >= 15 is 0 Å². The first kappa shape index (κ1) is 14.5. The molecule has 18 heavy (non-hydrogen) atoms. The number of nitrogens with zero attached hydrogens (tertiary/aromatic N) is 1. The van der Waals surface area contributed by atoms with Crippen LogP contribution in [0.3, 0.4) is 0 Å². The Hall–Kier alpha value is -1.55. The van der Waals surface area contributed by atoms with Gasteiger partial charge in [-0.1, -0.05) is 0 Å². The molecule has 1 unspecified atom stereocenters. The summed E-state index contributed by atoms with van der Waals surface area (Å²) in [6, 6.07) is 7.58. The predicted octanol–water partition coefficient (Wildman–Crippen LogP) is 2.23. The normalized spacial score (nSPS) is 12.0. The van der Waals surface area contributed by atoms with E-state index in [4.69, 9.17) is 4.74 Å². The Morgan fingerprint density at radius 2 is 2.00 bits per heavy atom. The van der Waals surface area contributed by atoms with Gasteiger partial charge in [-0.05, 0) is 38.1 Å². The van der Waals surface area contributed by atoms with Crippen LogP contribution in [-0.4, -0.2) is 44.2 Å². The molecule has 0 heterocycles. The van der Waals surface area contributed by atoms with Crippen molar-refractivity contribution < 1.29 is 9.53 Å². The highest BCUT2D eigenvalue weighted by Crippen LogP contribution is 2.12. The second-order valence-electron chi connectivity index (χ2n) is 4.22. The second kappa shape index (κ2) is 7.01. The minimum atomic E-state index is 0.0460. The first-order valence-corrected chi connectivity index (χ1v) is 6.21. The van der Waals surface area contributed by atoms with Crippen molar-refractivity contribution >= 4 is 11.6 Å². The lowest BCUT2D eigenvalue weighted by atomic mass is 10.1. The first-order valence-electron chi connectivity index (χ1n) is 6.21. The Morgan fingerprint density at radius 3 is 2.44 bits per heavy atom. The van der Waals surface area contributed by atoms with Crippen molar-refractivity contribution in [3.8, 4) is 0 Å². The second-order valence-corrected chi connectivity index (χ2v) is 4.22. The van der Waals surface area contributed by atoms with E-state index in [9.17, 15) is 4.79 Å². The number of hydrogen-bond acceptors (Lipinski definition) is 3. The molecule has 0 aliphatic carbocycles. The maximum atomic E-state index is 12.3. The summed E-state index contributed by atoms with van der Waals surface area (Å²) in [6.45, 7) is 5.20. The van der Waals surface area contributed by atoms with Gasteiger partial charge in [0.05, 0.1) is 12.6 Å². The smallest absolute Gasteiger partial charge is 0.254 e. The minimum absolute atomic E-state index is 0.0460. The Morgan fingerprint density at radius 1 is 1.39 bits per heavy atom. The quantitative estimate of drug-likeness (QED) is 0.841. The van der Waals surface area contributed by atoms with Crippen molar-refractivity contribution in [3.63, 3.8) is 0 Å². The highest BCUT2D eigenvalue weighted by molar-refractivity contribution is 5.94. The molecule has 1 aromatic carbocycles. The van der Waals surface area contributed by atoms with Gasteiger partial charge in [-0.25, -0.2) is 0 Å². The first-order chi connectivity index (χ1) is 8.63. The fourth-order valence-corrected chi connectivity index (χ4v) is 1.93. The van der Waals surface area contributed by atoms with Crippen LogP contribution >= 0.6 is 0 Å². The van der Waals surface area contributed by atoms with Gasteiger partial charge in [-0.15, -0.1) is 0 Å². The molecule has 100 valence electrons. The van der Waals surface area contributed by atoms with E-state index in [1.54, 1.807) is 7.11 Å². The molecule has 1 atom stereocenters. The lowest BCUT2D eigenvalue weighted by Gasteiger charge is -2.27. The van der Waals surface area contributed by atoms with Crippen LogP contribution in [0, 0.1) is 0 Å². The van der Waals surface area contributed by atoms with Crippen molar-refractivity contribution in [2.24, 2.45) is 0 Å². The third-order valence-corrected chi connectivity index (χ3v) is 2.96. The van der Waals surface area contributed by atoms with E-state index in [1.807, 2.05) is 50.1 Å². The van der Waals surface area contributed by atoms with Gasteiger partial charge in [0.2, 0.25) is 0 Å². The molecule has 0 fully saturated rings. The molecule has 4 nitrogen and oxygen atoms in total. The van der Waals surface area contributed by atoms with E-state index < -0.39 is 0 Å². The van der Waals surface area contributed by atoms with Crippen molar-refractivity contribution in [2.45, 2.75) is 19.9 Å². The summed E-state index contributed by atoms with van der Waals surface area (Å²) in [5.74, 6) is 0.0460. The summed E-state index contributed by atoms with van der Waals surface area (Å²) in [5.41, 5.74) is 1.71. The predicted molar refractivity (Wildman–Crippen MR) is 74.0 cm³/mol. The number of amides is 1. The van der Waals surface area contributed by atoms with Crippen LogP contribution in [0.1, 0.15) is 24.2 Å². The van der Waals surface area contributed by atoms with Crippen molar-refractivity contribution in [1.29, 1.82) is 0 Å². The van der Waals surface area contributed by atoms with E-state index in [-0.39, 0.29) is 11.9 Å². The fraction of sp³-hybridized carbons (Fsp3) is 0.500. The molecule has 0 saturated heterocycles. The lowest BCUT2D eigenvalue weighted by molar-refractivity contribution is 0.0579. The van der Waals surface area contributed by atoms with E-state index in [0.29, 0.717) is 18.7 Å². The van der Waals surface area contributed by atoms with Gasteiger partial charge in [-0.2, -0.15) is 0 Å². The number of rotatable bonds is 6.